The third-order valence-corrected chi connectivity index (χ3v) is 7.62. The first kappa shape index (κ1) is 25.1. The molecule has 1 N–H and O–H groups in total. The maximum atomic E-state index is 13.2. The van der Waals surface area contributed by atoms with Crippen molar-refractivity contribution in [3.63, 3.8) is 0 Å². The van der Waals surface area contributed by atoms with Crippen molar-refractivity contribution in [1.29, 1.82) is 0 Å². The van der Waals surface area contributed by atoms with Crippen LogP contribution in [0.3, 0.4) is 0 Å². The molecule has 0 saturated heterocycles. The third kappa shape index (κ3) is 5.33. The van der Waals surface area contributed by atoms with Gasteiger partial charge in [0, 0.05) is 24.1 Å². The molecule has 0 saturated carbocycles. The highest BCUT2D eigenvalue weighted by molar-refractivity contribution is 7.92. The minimum absolute atomic E-state index is 0.0262. The van der Waals surface area contributed by atoms with Crippen LogP contribution in [0.2, 0.25) is 0 Å². The van der Waals surface area contributed by atoms with Gasteiger partial charge in [-0.25, -0.2) is 13.4 Å². The van der Waals surface area contributed by atoms with Crippen molar-refractivity contribution in [3.05, 3.63) is 58.7 Å². The van der Waals surface area contributed by atoms with Crippen molar-refractivity contribution in [3.8, 4) is 5.88 Å². The molecule has 1 aliphatic heterocycles. The van der Waals surface area contributed by atoms with Crippen LogP contribution in [0.1, 0.15) is 68.8 Å². The SMILES string of the molecule is CCOc1cnc([C@@H](C)N2CCc3ccc(S(=O)(=O)Nc4noc(C(C)(C)C)c4C)cc3C2)cn1. The number of rotatable bonds is 7. The number of ether oxygens (including phenoxy) is 1. The molecule has 3 aromatic rings. The van der Waals surface area contributed by atoms with Gasteiger partial charge in [0.15, 0.2) is 5.82 Å². The number of aromatic nitrogens is 3. The van der Waals surface area contributed by atoms with Crippen LogP contribution in [0.25, 0.3) is 0 Å². The van der Waals surface area contributed by atoms with E-state index in [1.54, 1.807) is 24.5 Å². The maximum Gasteiger partial charge on any atom is 0.263 e. The highest BCUT2D eigenvalue weighted by Gasteiger charge is 2.28. The van der Waals surface area contributed by atoms with E-state index >= 15 is 0 Å². The summed E-state index contributed by atoms with van der Waals surface area (Å²) in [5, 5.41) is 3.97. The zero-order valence-electron chi connectivity index (χ0n) is 21.1. The zero-order chi connectivity index (χ0) is 25.4. The molecule has 0 spiro atoms. The second-order valence-electron chi connectivity index (χ2n) is 9.88. The molecule has 2 aromatic heterocycles. The van der Waals surface area contributed by atoms with Crippen LogP contribution in [0.4, 0.5) is 5.82 Å². The van der Waals surface area contributed by atoms with Crippen LogP contribution in [-0.4, -0.2) is 41.6 Å². The van der Waals surface area contributed by atoms with E-state index in [1.165, 1.54) is 0 Å². The number of benzene rings is 1. The predicted molar refractivity (Wildman–Crippen MR) is 133 cm³/mol. The molecule has 3 heterocycles. The molecule has 0 radical (unpaired) electrons. The fraction of sp³-hybridized carbons (Fsp3) is 0.480. The first-order chi connectivity index (χ1) is 16.5. The number of nitrogens with zero attached hydrogens (tertiary/aromatic N) is 4. The van der Waals surface area contributed by atoms with E-state index in [0.717, 1.165) is 29.8 Å². The maximum absolute atomic E-state index is 13.2. The van der Waals surface area contributed by atoms with Crippen LogP contribution < -0.4 is 9.46 Å². The van der Waals surface area contributed by atoms with Gasteiger partial charge in [-0.05, 0) is 50.5 Å². The van der Waals surface area contributed by atoms with Gasteiger partial charge in [-0.15, -0.1) is 0 Å². The van der Waals surface area contributed by atoms with E-state index in [4.69, 9.17) is 9.26 Å². The van der Waals surface area contributed by atoms with Crippen molar-refractivity contribution >= 4 is 15.8 Å². The van der Waals surface area contributed by atoms with Crippen molar-refractivity contribution in [2.45, 2.75) is 70.9 Å². The molecule has 0 bridgehead atoms. The van der Waals surface area contributed by atoms with E-state index in [2.05, 4.69) is 31.7 Å². The summed E-state index contributed by atoms with van der Waals surface area (Å²) in [6.07, 6.45) is 4.21. The topological polar surface area (TPSA) is 110 Å². The van der Waals surface area contributed by atoms with Gasteiger partial charge < -0.3 is 9.26 Å². The number of hydrogen-bond donors (Lipinski definition) is 1. The number of anilines is 1. The third-order valence-electron chi connectivity index (χ3n) is 6.28. The molecular weight excluding hydrogens is 466 g/mol. The summed E-state index contributed by atoms with van der Waals surface area (Å²) >= 11 is 0. The fourth-order valence-corrected chi connectivity index (χ4v) is 5.43. The Hall–Kier alpha value is -2.98. The fourth-order valence-electron chi connectivity index (χ4n) is 4.32. The first-order valence-electron chi connectivity index (χ1n) is 11.8. The van der Waals surface area contributed by atoms with Gasteiger partial charge in [0.25, 0.3) is 10.0 Å². The first-order valence-corrected chi connectivity index (χ1v) is 13.3. The average molecular weight is 500 g/mol. The van der Waals surface area contributed by atoms with Crippen LogP contribution in [0.15, 0.2) is 40.0 Å². The summed E-state index contributed by atoms with van der Waals surface area (Å²) in [5.74, 6) is 1.38. The minimum atomic E-state index is -3.83. The Morgan fingerprint density at radius 1 is 1.20 bits per heavy atom. The summed E-state index contributed by atoms with van der Waals surface area (Å²) in [6.45, 7) is 13.8. The van der Waals surface area contributed by atoms with Crippen LogP contribution >= 0.6 is 0 Å². The summed E-state index contributed by atoms with van der Waals surface area (Å²) in [5.41, 5.74) is 3.39. The summed E-state index contributed by atoms with van der Waals surface area (Å²) in [4.78, 5) is 11.3. The molecule has 9 nitrogen and oxygen atoms in total. The molecule has 0 aliphatic carbocycles. The Kier molecular flexibility index (Phi) is 6.88. The Labute approximate surface area is 207 Å². The van der Waals surface area contributed by atoms with E-state index in [0.29, 0.717) is 30.4 Å². The van der Waals surface area contributed by atoms with E-state index in [-0.39, 0.29) is 22.2 Å². The molecule has 1 aliphatic rings. The average Bonchev–Trinajstić information content (AvgIpc) is 3.18. The van der Waals surface area contributed by atoms with Gasteiger partial charge in [-0.1, -0.05) is 32.0 Å². The molecule has 0 unspecified atom stereocenters. The van der Waals surface area contributed by atoms with E-state index < -0.39 is 10.0 Å². The molecule has 1 atom stereocenters. The highest BCUT2D eigenvalue weighted by Crippen LogP contribution is 2.32. The number of sulfonamides is 1. The molecule has 35 heavy (non-hydrogen) atoms. The molecule has 4 rings (SSSR count). The van der Waals surface area contributed by atoms with Crippen molar-refractivity contribution in [1.82, 2.24) is 20.0 Å². The van der Waals surface area contributed by atoms with Crippen LogP contribution in [-0.2, 0) is 28.4 Å². The van der Waals surface area contributed by atoms with Crippen molar-refractivity contribution < 1.29 is 17.7 Å². The highest BCUT2D eigenvalue weighted by atomic mass is 32.2. The normalized spacial score (nSPS) is 15.5. The quantitative estimate of drug-likeness (QED) is 0.510. The Bertz CT molecular complexity index is 1300. The molecule has 1 aromatic carbocycles. The summed E-state index contributed by atoms with van der Waals surface area (Å²) < 4.78 is 39.8. The van der Waals surface area contributed by atoms with E-state index in [9.17, 15) is 8.42 Å². The Morgan fingerprint density at radius 3 is 2.60 bits per heavy atom. The monoisotopic (exact) mass is 499 g/mol. The largest absolute Gasteiger partial charge is 0.477 e. The van der Waals surface area contributed by atoms with Crippen LogP contribution in [0.5, 0.6) is 5.88 Å². The zero-order valence-corrected chi connectivity index (χ0v) is 21.9. The van der Waals surface area contributed by atoms with Crippen molar-refractivity contribution in [2.24, 2.45) is 0 Å². The van der Waals surface area contributed by atoms with Gasteiger partial charge in [0.2, 0.25) is 5.88 Å². The van der Waals surface area contributed by atoms with Crippen molar-refractivity contribution in [2.75, 3.05) is 17.9 Å². The number of fused-ring (bicyclic) bond motifs is 1. The van der Waals surface area contributed by atoms with Gasteiger partial charge >= 0.3 is 0 Å². The lowest BCUT2D eigenvalue weighted by Crippen LogP contribution is -2.33. The predicted octanol–water partition coefficient (Wildman–Crippen LogP) is 4.39. The molecule has 10 heteroatoms. The summed E-state index contributed by atoms with van der Waals surface area (Å²) in [7, 11) is -3.83. The Morgan fingerprint density at radius 2 is 1.97 bits per heavy atom. The minimum Gasteiger partial charge on any atom is -0.477 e. The second kappa shape index (κ2) is 9.58. The lowest BCUT2D eigenvalue weighted by Gasteiger charge is -2.33. The second-order valence-corrected chi connectivity index (χ2v) is 11.6. The van der Waals surface area contributed by atoms with Crippen LogP contribution in [0, 0.1) is 6.92 Å². The number of nitrogens with one attached hydrogen (secondary N) is 1. The standard InChI is InChI=1S/C25H33N5O4S/c1-7-33-22-14-26-21(13-27-22)17(3)30-11-10-18-8-9-20(12-19(18)15-30)35(31,32)29-24-16(2)23(34-28-24)25(4,5)6/h8-9,12-14,17H,7,10-11,15H2,1-6H3,(H,28,29)/t17-/m1/s1. The van der Waals surface area contributed by atoms with Gasteiger partial charge in [-0.3, -0.25) is 14.6 Å². The van der Waals surface area contributed by atoms with E-state index in [1.807, 2.05) is 40.7 Å². The van der Waals surface area contributed by atoms with Gasteiger partial charge in [0.05, 0.1) is 35.6 Å². The smallest absolute Gasteiger partial charge is 0.263 e. The van der Waals surface area contributed by atoms with Gasteiger partial charge in [-0.2, -0.15) is 0 Å². The number of hydrogen-bond acceptors (Lipinski definition) is 8. The molecule has 0 amide bonds. The lowest BCUT2D eigenvalue weighted by atomic mass is 9.91. The summed E-state index contributed by atoms with van der Waals surface area (Å²) in [6, 6.07) is 5.33. The lowest BCUT2D eigenvalue weighted by molar-refractivity contribution is 0.188. The molecule has 188 valence electrons. The molecular formula is C25H33N5O4S. The van der Waals surface area contributed by atoms with Gasteiger partial charge in [0.1, 0.15) is 5.76 Å². The molecule has 0 fully saturated rings. The Balaban J connectivity index is 1.53.